The van der Waals surface area contributed by atoms with Gasteiger partial charge in [0, 0.05) is 12.1 Å². The largest absolute Gasteiger partial charge is 0.312 e. The van der Waals surface area contributed by atoms with Crippen LogP contribution >= 0.6 is 0 Å². The first-order valence-electron chi connectivity index (χ1n) is 9.18. The van der Waals surface area contributed by atoms with Crippen LogP contribution < -0.4 is 5.32 Å². The SMILES string of the molecule is CC(C)(C)NCC1(CC2CC3CCC2C3)CC2CC2C1. The average molecular weight is 275 g/mol. The molecule has 20 heavy (non-hydrogen) atoms. The average Bonchev–Trinajstić information content (AvgIpc) is 2.80. The number of hydrogen-bond acceptors (Lipinski definition) is 1. The van der Waals surface area contributed by atoms with Gasteiger partial charge in [-0.15, -0.1) is 0 Å². The van der Waals surface area contributed by atoms with Crippen molar-refractivity contribution >= 4 is 0 Å². The van der Waals surface area contributed by atoms with E-state index in [0.717, 1.165) is 29.6 Å². The second-order valence-corrected chi connectivity index (χ2v) is 9.91. The van der Waals surface area contributed by atoms with E-state index in [-0.39, 0.29) is 5.54 Å². The monoisotopic (exact) mass is 275 g/mol. The van der Waals surface area contributed by atoms with Crippen molar-refractivity contribution < 1.29 is 0 Å². The Bertz CT molecular complexity index is 370. The lowest BCUT2D eigenvalue weighted by Crippen LogP contribution is -2.44. The highest BCUT2D eigenvalue weighted by atomic mass is 15.0. The molecule has 4 aliphatic carbocycles. The van der Waals surface area contributed by atoms with Gasteiger partial charge in [-0.05, 0) is 101 Å². The smallest absolute Gasteiger partial charge is 0.00967 e. The maximum Gasteiger partial charge on any atom is 0.00967 e. The van der Waals surface area contributed by atoms with Crippen molar-refractivity contribution in [1.82, 2.24) is 5.32 Å². The van der Waals surface area contributed by atoms with Crippen LogP contribution in [0.4, 0.5) is 0 Å². The third kappa shape index (κ3) is 2.56. The van der Waals surface area contributed by atoms with Gasteiger partial charge in [-0.2, -0.15) is 0 Å². The van der Waals surface area contributed by atoms with Crippen LogP contribution in [-0.4, -0.2) is 12.1 Å². The zero-order chi connectivity index (χ0) is 14.0. The van der Waals surface area contributed by atoms with Gasteiger partial charge in [0.1, 0.15) is 0 Å². The van der Waals surface area contributed by atoms with E-state index in [1.54, 1.807) is 51.4 Å². The normalized spacial score (nSPS) is 49.6. The van der Waals surface area contributed by atoms with Crippen LogP contribution in [0.1, 0.15) is 72.1 Å². The molecule has 1 nitrogen and oxygen atoms in total. The summed E-state index contributed by atoms with van der Waals surface area (Å²) < 4.78 is 0. The Morgan fingerprint density at radius 2 is 1.70 bits per heavy atom. The van der Waals surface area contributed by atoms with Gasteiger partial charge < -0.3 is 5.32 Å². The molecule has 5 atom stereocenters. The zero-order valence-corrected chi connectivity index (χ0v) is 13.8. The number of nitrogens with one attached hydrogen (secondary N) is 1. The molecule has 4 fully saturated rings. The topological polar surface area (TPSA) is 12.0 Å². The zero-order valence-electron chi connectivity index (χ0n) is 13.8. The van der Waals surface area contributed by atoms with E-state index < -0.39 is 0 Å². The molecule has 4 aliphatic rings. The minimum Gasteiger partial charge on any atom is -0.312 e. The van der Waals surface area contributed by atoms with Crippen molar-refractivity contribution in [2.45, 2.75) is 77.7 Å². The molecule has 1 heteroatoms. The molecule has 114 valence electrons. The molecule has 0 amide bonds. The van der Waals surface area contributed by atoms with Gasteiger partial charge in [-0.25, -0.2) is 0 Å². The highest BCUT2D eigenvalue weighted by molar-refractivity contribution is 5.06. The van der Waals surface area contributed by atoms with Gasteiger partial charge in [0.05, 0.1) is 0 Å². The van der Waals surface area contributed by atoms with E-state index in [9.17, 15) is 0 Å². The van der Waals surface area contributed by atoms with E-state index in [1.807, 2.05) is 0 Å². The third-order valence-electron chi connectivity index (χ3n) is 7.03. The molecule has 1 N–H and O–H groups in total. The van der Waals surface area contributed by atoms with Crippen molar-refractivity contribution in [2.24, 2.45) is 35.0 Å². The van der Waals surface area contributed by atoms with Gasteiger partial charge in [-0.3, -0.25) is 0 Å². The maximum atomic E-state index is 3.86. The lowest BCUT2D eigenvalue weighted by atomic mass is 9.71. The second kappa shape index (κ2) is 4.48. The van der Waals surface area contributed by atoms with Crippen molar-refractivity contribution in [3.05, 3.63) is 0 Å². The second-order valence-electron chi connectivity index (χ2n) is 9.91. The Balaban J connectivity index is 1.42. The predicted octanol–water partition coefficient (Wildman–Crippen LogP) is 4.62. The summed E-state index contributed by atoms with van der Waals surface area (Å²) in [5, 5.41) is 3.86. The minimum absolute atomic E-state index is 0.286. The Morgan fingerprint density at radius 1 is 0.950 bits per heavy atom. The lowest BCUT2D eigenvalue weighted by Gasteiger charge is -2.38. The molecule has 2 bridgehead atoms. The van der Waals surface area contributed by atoms with Gasteiger partial charge in [0.15, 0.2) is 0 Å². The van der Waals surface area contributed by atoms with Crippen LogP contribution in [0, 0.1) is 35.0 Å². The predicted molar refractivity (Wildman–Crippen MR) is 84.6 cm³/mol. The van der Waals surface area contributed by atoms with Crippen LogP contribution in [0.3, 0.4) is 0 Å². The summed E-state index contributed by atoms with van der Waals surface area (Å²) in [5.74, 6) is 5.57. The van der Waals surface area contributed by atoms with Gasteiger partial charge >= 0.3 is 0 Å². The summed E-state index contributed by atoms with van der Waals surface area (Å²) in [4.78, 5) is 0. The van der Waals surface area contributed by atoms with E-state index in [1.165, 1.54) is 6.54 Å². The molecule has 0 heterocycles. The Morgan fingerprint density at radius 3 is 2.25 bits per heavy atom. The molecule has 4 saturated carbocycles. The standard InChI is InChI=1S/C19H33N/c1-18(2,3)20-12-19(10-16-8-17(16)11-19)9-15-7-13-4-5-14(15)6-13/h13-17,20H,4-12H2,1-3H3. The first-order valence-corrected chi connectivity index (χ1v) is 9.18. The van der Waals surface area contributed by atoms with Crippen molar-refractivity contribution in [3.63, 3.8) is 0 Å². The van der Waals surface area contributed by atoms with Crippen LogP contribution in [0.2, 0.25) is 0 Å². The Hall–Kier alpha value is -0.0400. The molecule has 0 saturated heterocycles. The lowest BCUT2D eigenvalue weighted by molar-refractivity contribution is 0.145. The number of fused-ring (bicyclic) bond motifs is 3. The van der Waals surface area contributed by atoms with E-state index in [2.05, 4.69) is 26.1 Å². The molecule has 0 aromatic heterocycles. The molecule has 0 aliphatic heterocycles. The summed E-state index contributed by atoms with van der Waals surface area (Å²) in [6, 6.07) is 0. The van der Waals surface area contributed by atoms with Crippen molar-refractivity contribution in [2.75, 3.05) is 6.54 Å². The fourth-order valence-corrected chi connectivity index (χ4v) is 6.02. The molecule has 5 unspecified atom stereocenters. The van der Waals surface area contributed by atoms with E-state index in [4.69, 9.17) is 0 Å². The maximum absolute atomic E-state index is 3.86. The van der Waals surface area contributed by atoms with Gasteiger partial charge in [0.25, 0.3) is 0 Å². The first kappa shape index (κ1) is 13.6. The Kier molecular flexibility index (Phi) is 3.05. The fourth-order valence-electron chi connectivity index (χ4n) is 6.02. The highest BCUT2D eigenvalue weighted by Gasteiger charge is 2.55. The first-order chi connectivity index (χ1) is 9.43. The van der Waals surface area contributed by atoms with E-state index >= 15 is 0 Å². The summed E-state index contributed by atoms with van der Waals surface area (Å²) in [6.07, 6.45) is 12.5. The third-order valence-corrected chi connectivity index (χ3v) is 7.03. The molecule has 0 spiro atoms. The van der Waals surface area contributed by atoms with Crippen LogP contribution in [0.25, 0.3) is 0 Å². The quantitative estimate of drug-likeness (QED) is 0.789. The van der Waals surface area contributed by atoms with Gasteiger partial charge in [-0.1, -0.05) is 6.42 Å². The highest BCUT2D eigenvalue weighted by Crippen LogP contribution is 2.63. The molecule has 0 radical (unpaired) electrons. The van der Waals surface area contributed by atoms with Crippen LogP contribution in [-0.2, 0) is 0 Å². The summed E-state index contributed by atoms with van der Waals surface area (Å²) in [6.45, 7) is 8.27. The molecule has 0 aromatic carbocycles. The van der Waals surface area contributed by atoms with Crippen molar-refractivity contribution in [3.8, 4) is 0 Å². The minimum atomic E-state index is 0.286. The number of hydrogen-bond donors (Lipinski definition) is 1. The molecular formula is C19H33N. The van der Waals surface area contributed by atoms with Gasteiger partial charge in [0.2, 0.25) is 0 Å². The van der Waals surface area contributed by atoms with Crippen LogP contribution in [0.5, 0.6) is 0 Å². The number of rotatable bonds is 4. The van der Waals surface area contributed by atoms with Crippen LogP contribution in [0.15, 0.2) is 0 Å². The fraction of sp³-hybridized carbons (Fsp3) is 1.00. The summed E-state index contributed by atoms with van der Waals surface area (Å²) in [7, 11) is 0. The Labute approximate surface area is 125 Å². The summed E-state index contributed by atoms with van der Waals surface area (Å²) >= 11 is 0. The molecule has 0 aromatic rings. The molecular weight excluding hydrogens is 242 g/mol. The van der Waals surface area contributed by atoms with E-state index in [0.29, 0.717) is 5.41 Å². The molecule has 4 rings (SSSR count). The summed E-state index contributed by atoms with van der Waals surface area (Å²) in [5.41, 5.74) is 0.963. The van der Waals surface area contributed by atoms with Crippen molar-refractivity contribution in [1.29, 1.82) is 0 Å².